The molecule has 0 spiro atoms. The SMILES string of the molecule is N#CCN(CC#N)Cc1cccc(C(=O)NN)n1. The summed E-state index contributed by atoms with van der Waals surface area (Å²) >= 11 is 0. The molecular formula is C11H12N6O. The van der Waals surface area contributed by atoms with Crippen LogP contribution in [-0.4, -0.2) is 28.9 Å². The number of hydrogen-bond acceptors (Lipinski definition) is 6. The molecule has 0 saturated heterocycles. The van der Waals surface area contributed by atoms with E-state index in [2.05, 4.69) is 4.98 Å². The van der Waals surface area contributed by atoms with Gasteiger partial charge in [-0.25, -0.2) is 10.8 Å². The summed E-state index contributed by atoms with van der Waals surface area (Å²) in [5, 5.41) is 17.2. The highest BCUT2D eigenvalue weighted by Gasteiger charge is 2.09. The van der Waals surface area contributed by atoms with Crippen molar-refractivity contribution in [3.8, 4) is 12.1 Å². The van der Waals surface area contributed by atoms with Crippen LogP contribution in [-0.2, 0) is 6.54 Å². The second-order valence-corrected chi connectivity index (χ2v) is 3.45. The Balaban J connectivity index is 2.81. The Labute approximate surface area is 104 Å². The maximum absolute atomic E-state index is 11.3. The van der Waals surface area contributed by atoms with E-state index in [1.807, 2.05) is 17.6 Å². The van der Waals surface area contributed by atoms with Crippen molar-refractivity contribution in [3.05, 3.63) is 29.6 Å². The lowest BCUT2D eigenvalue weighted by molar-refractivity contribution is 0.0948. The molecule has 0 radical (unpaired) electrons. The second-order valence-electron chi connectivity index (χ2n) is 3.45. The molecule has 0 bridgehead atoms. The number of nitrogen functional groups attached to an aromatic ring is 1. The summed E-state index contributed by atoms with van der Waals surface area (Å²) in [7, 11) is 0. The first kappa shape index (κ1) is 13.6. The first-order chi connectivity index (χ1) is 8.71. The zero-order chi connectivity index (χ0) is 13.4. The first-order valence-electron chi connectivity index (χ1n) is 5.14. The predicted octanol–water partition coefficient (Wildman–Crippen LogP) is -0.466. The van der Waals surface area contributed by atoms with E-state index in [0.717, 1.165) is 0 Å². The molecule has 3 N–H and O–H groups in total. The van der Waals surface area contributed by atoms with Gasteiger partial charge in [0.05, 0.1) is 30.9 Å². The number of carbonyl (C=O) groups is 1. The van der Waals surface area contributed by atoms with Crippen LogP contribution in [0, 0.1) is 22.7 Å². The molecule has 1 rings (SSSR count). The van der Waals surface area contributed by atoms with Gasteiger partial charge in [-0.15, -0.1) is 0 Å². The molecule has 1 heterocycles. The van der Waals surface area contributed by atoms with Crippen molar-refractivity contribution in [1.82, 2.24) is 15.3 Å². The van der Waals surface area contributed by atoms with Crippen molar-refractivity contribution in [1.29, 1.82) is 10.5 Å². The van der Waals surface area contributed by atoms with Crippen LogP contribution in [0.5, 0.6) is 0 Å². The maximum atomic E-state index is 11.3. The highest BCUT2D eigenvalue weighted by atomic mass is 16.2. The molecule has 1 amide bonds. The molecule has 7 heteroatoms. The minimum absolute atomic E-state index is 0.128. The number of nitrogens with zero attached hydrogens (tertiary/aromatic N) is 4. The monoisotopic (exact) mass is 244 g/mol. The van der Waals surface area contributed by atoms with Gasteiger partial charge in [-0.2, -0.15) is 10.5 Å². The molecule has 0 aliphatic rings. The number of carbonyl (C=O) groups excluding carboxylic acids is 1. The molecule has 18 heavy (non-hydrogen) atoms. The highest BCUT2D eigenvalue weighted by molar-refractivity contribution is 5.91. The fraction of sp³-hybridized carbons (Fsp3) is 0.273. The van der Waals surface area contributed by atoms with Crippen molar-refractivity contribution >= 4 is 5.91 Å². The van der Waals surface area contributed by atoms with Crippen molar-refractivity contribution in [2.45, 2.75) is 6.54 Å². The molecule has 0 aromatic carbocycles. The Morgan fingerprint density at radius 1 is 1.39 bits per heavy atom. The first-order valence-corrected chi connectivity index (χ1v) is 5.14. The fourth-order valence-electron chi connectivity index (χ4n) is 1.36. The summed E-state index contributed by atoms with van der Waals surface area (Å²) in [6.45, 7) is 0.581. The Morgan fingerprint density at radius 3 is 2.61 bits per heavy atom. The molecule has 0 saturated carbocycles. The largest absolute Gasteiger partial charge is 0.289 e. The molecular weight excluding hydrogens is 232 g/mol. The molecule has 0 aliphatic carbocycles. The maximum Gasteiger partial charge on any atom is 0.283 e. The number of hydrazine groups is 1. The lowest BCUT2D eigenvalue weighted by Gasteiger charge is -2.14. The van der Waals surface area contributed by atoms with Crippen molar-refractivity contribution in [3.63, 3.8) is 0 Å². The van der Waals surface area contributed by atoms with E-state index < -0.39 is 5.91 Å². The standard InChI is InChI=1S/C11H12N6O/c12-4-6-17(7-5-13)8-9-2-1-3-10(15-9)11(18)16-14/h1-3H,6-8,14H2,(H,16,18). The Hall–Kier alpha value is -2.48. The zero-order valence-corrected chi connectivity index (χ0v) is 9.63. The third-order valence-electron chi connectivity index (χ3n) is 2.14. The molecule has 1 aromatic rings. The van der Waals surface area contributed by atoms with Crippen LogP contribution in [0.2, 0.25) is 0 Å². The van der Waals surface area contributed by atoms with Gasteiger partial charge in [0.15, 0.2) is 0 Å². The van der Waals surface area contributed by atoms with E-state index in [9.17, 15) is 4.79 Å². The summed E-state index contributed by atoms with van der Waals surface area (Å²) in [4.78, 5) is 17.0. The average molecular weight is 244 g/mol. The molecule has 92 valence electrons. The van der Waals surface area contributed by atoms with Gasteiger partial charge in [-0.3, -0.25) is 15.1 Å². The highest BCUT2D eigenvalue weighted by Crippen LogP contribution is 2.03. The Bertz CT molecular complexity index is 485. The third-order valence-corrected chi connectivity index (χ3v) is 2.14. The van der Waals surface area contributed by atoms with Gasteiger partial charge in [0.1, 0.15) is 5.69 Å². The van der Waals surface area contributed by atoms with Crippen LogP contribution >= 0.6 is 0 Å². The van der Waals surface area contributed by atoms with E-state index >= 15 is 0 Å². The number of nitrogens with one attached hydrogen (secondary N) is 1. The topological polar surface area (TPSA) is 119 Å². The van der Waals surface area contributed by atoms with Crippen molar-refractivity contribution in [2.24, 2.45) is 5.84 Å². The van der Waals surface area contributed by atoms with Crippen LogP contribution in [0.4, 0.5) is 0 Å². The van der Waals surface area contributed by atoms with E-state index in [1.165, 1.54) is 6.07 Å². The Morgan fingerprint density at radius 2 is 2.06 bits per heavy atom. The average Bonchev–Trinajstić information content (AvgIpc) is 2.39. The van der Waals surface area contributed by atoms with Crippen LogP contribution in [0.25, 0.3) is 0 Å². The van der Waals surface area contributed by atoms with E-state index in [4.69, 9.17) is 16.4 Å². The van der Waals surface area contributed by atoms with E-state index in [0.29, 0.717) is 12.2 Å². The Kier molecular flexibility index (Phi) is 5.26. The van der Waals surface area contributed by atoms with Gasteiger partial charge in [-0.1, -0.05) is 6.07 Å². The number of nitrogens with two attached hydrogens (primary N) is 1. The van der Waals surface area contributed by atoms with Crippen molar-refractivity contribution in [2.75, 3.05) is 13.1 Å². The number of nitriles is 2. The van der Waals surface area contributed by atoms with Gasteiger partial charge >= 0.3 is 0 Å². The zero-order valence-electron chi connectivity index (χ0n) is 9.63. The minimum Gasteiger partial charge on any atom is -0.289 e. The normalized spacial score (nSPS) is 9.56. The third kappa shape index (κ3) is 3.83. The smallest absolute Gasteiger partial charge is 0.283 e. The molecule has 0 atom stereocenters. The molecule has 0 aliphatic heterocycles. The van der Waals surface area contributed by atoms with Crippen molar-refractivity contribution < 1.29 is 4.79 Å². The number of amides is 1. The minimum atomic E-state index is -0.482. The van der Waals surface area contributed by atoms with Gasteiger partial charge in [0.2, 0.25) is 0 Å². The summed E-state index contributed by atoms with van der Waals surface area (Å²) in [6, 6.07) is 8.86. The number of rotatable bonds is 5. The lowest BCUT2D eigenvalue weighted by Crippen LogP contribution is -2.31. The summed E-state index contributed by atoms with van der Waals surface area (Å²) < 4.78 is 0. The quantitative estimate of drug-likeness (QED) is 0.313. The number of hydrogen-bond donors (Lipinski definition) is 2. The van der Waals surface area contributed by atoms with E-state index in [-0.39, 0.29) is 18.8 Å². The molecule has 0 fully saturated rings. The molecule has 7 nitrogen and oxygen atoms in total. The number of pyridine rings is 1. The summed E-state index contributed by atoms with van der Waals surface area (Å²) in [5.41, 5.74) is 2.79. The van der Waals surface area contributed by atoms with Gasteiger partial charge in [0, 0.05) is 6.54 Å². The molecule has 0 unspecified atom stereocenters. The number of aromatic nitrogens is 1. The van der Waals surface area contributed by atoms with Crippen LogP contribution < -0.4 is 11.3 Å². The van der Waals surface area contributed by atoms with Crippen LogP contribution in [0.15, 0.2) is 18.2 Å². The summed E-state index contributed by atoms with van der Waals surface area (Å²) in [6.07, 6.45) is 0. The van der Waals surface area contributed by atoms with Gasteiger partial charge in [-0.05, 0) is 12.1 Å². The molecule has 1 aromatic heterocycles. The van der Waals surface area contributed by atoms with E-state index in [1.54, 1.807) is 17.0 Å². The fourth-order valence-corrected chi connectivity index (χ4v) is 1.36. The lowest BCUT2D eigenvalue weighted by atomic mass is 10.2. The predicted molar refractivity (Wildman–Crippen MR) is 62.4 cm³/mol. The van der Waals surface area contributed by atoms with Gasteiger partial charge < -0.3 is 0 Å². The van der Waals surface area contributed by atoms with Gasteiger partial charge in [0.25, 0.3) is 5.91 Å². The van der Waals surface area contributed by atoms with Crippen LogP contribution in [0.1, 0.15) is 16.2 Å². The van der Waals surface area contributed by atoms with Crippen LogP contribution in [0.3, 0.4) is 0 Å². The second kappa shape index (κ2) is 6.97. The summed E-state index contributed by atoms with van der Waals surface area (Å²) in [5.74, 6) is 4.53.